The maximum Gasteiger partial charge on any atom is 0.331 e. The van der Waals surface area contributed by atoms with Crippen LogP contribution in [0.2, 0.25) is 0 Å². The lowest BCUT2D eigenvalue weighted by Gasteiger charge is -2.19. The minimum atomic E-state index is -1.16. The van der Waals surface area contributed by atoms with Gasteiger partial charge in [0.05, 0.1) is 23.1 Å². The Bertz CT molecular complexity index is 634. The minimum Gasteiger partial charge on any atom is -0.479 e. The van der Waals surface area contributed by atoms with Gasteiger partial charge in [-0.25, -0.2) is 9.78 Å². The molecule has 0 atom stereocenters. The first-order valence-corrected chi connectivity index (χ1v) is 7.29. The van der Waals surface area contributed by atoms with Crippen molar-refractivity contribution in [3.05, 3.63) is 29.0 Å². The normalized spacial score (nSPS) is 11.3. The van der Waals surface area contributed by atoms with Gasteiger partial charge in [0.15, 0.2) is 5.54 Å². The molecule has 1 amide bonds. The number of aromatic nitrogens is 3. The van der Waals surface area contributed by atoms with E-state index in [9.17, 15) is 9.59 Å². The van der Waals surface area contributed by atoms with E-state index in [0.717, 1.165) is 5.69 Å². The van der Waals surface area contributed by atoms with Crippen LogP contribution in [0.4, 0.5) is 5.69 Å². The molecule has 0 fully saturated rings. The van der Waals surface area contributed by atoms with Crippen LogP contribution in [0.15, 0.2) is 23.3 Å². The van der Waals surface area contributed by atoms with E-state index in [1.54, 1.807) is 5.51 Å². The second-order valence-corrected chi connectivity index (χ2v) is 5.78. The molecule has 112 valence electrons. The molecule has 0 aliphatic heterocycles. The Balaban J connectivity index is 1.93. The second-order valence-electron chi connectivity index (χ2n) is 5.07. The highest BCUT2D eigenvalue weighted by Crippen LogP contribution is 2.17. The van der Waals surface area contributed by atoms with E-state index in [2.05, 4.69) is 15.4 Å². The van der Waals surface area contributed by atoms with Gasteiger partial charge in [0.2, 0.25) is 5.91 Å². The summed E-state index contributed by atoms with van der Waals surface area (Å²) in [5.41, 5.74) is 1.93. The molecule has 0 radical (unpaired) electrons. The molecule has 2 rings (SSSR count). The Morgan fingerprint density at radius 2 is 2.24 bits per heavy atom. The Kier molecular flexibility index (Phi) is 4.37. The maximum absolute atomic E-state index is 11.8. The first-order valence-electron chi connectivity index (χ1n) is 6.35. The van der Waals surface area contributed by atoms with E-state index < -0.39 is 11.5 Å². The molecule has 0 bridgehead atoms. The van der Waals surface area contributed by atoms with Gasteiger partial charge in [-0.3, -0.25) is 9.48 Å². The standard InChI is InChI=1S/C13H16N4O3S/c1-13(2,12(19)20)17-6-10(5-15-17)16-11(18)4-3-9-7-21-8-14-9/h5-8H,3-4H2,1-2H3,(H,16,18)(H,19,20). The quantitative estimate of drug-likeness (QED) is 0.847. The highest BCUT2D eigenvalue weighted by atomic mass is 32.1. The molecule has 8 heteroatoms. The van der Waals surface area contributed by atoms with E-state index in [1.807, 2.05) is 5.38 Å². The number of anilines is 1. The van der Waals surface area contributed by atoms with Gasteiger partial charge in [0.1, 0.15) is 0 Å². The zero-order valence-corrected chi connectivity index (χ0v) is 12.6. The summed E-state index contributed by atoms with van der Waals surface area (Å²) in [6, 6.07) is 0. The predicted octanol–water partition coefficient (Wildman–Crippen LogP) is 1.73. The lowest BCUT2D eigenvalue weighted by Crippen LogP contribution is -2.35. The monoisotopic (exact) mass is 308 g/mol. The van der Waals surface area contributed by atoms with Crippen molar-refractivity contribution in [2.45, 2.75) is 32.2 Å². The van der Waals surface area contributed by atoms with Crippen molar-refractivity contribution in [2.24, 2.45) is 0 Å². The zero-order valence-electron chi connectivity index (χ0n) is 11.7. The Morgan fingerprint density at radius 1 is 1.48 bits per heavy atom. The number of aryl methyl sites for hydroxylation is 1. The number of amides is 1. The van der Waals surface area contributed by atoms with Gasteiger partial charge in [0, 0.05) is 18.0 Å². The summed E-state index contributed by atoms with van der Waals surface area (Å²) in [5, 5.41) is 17.7. The first kappa shape index (κ1) is 15.2. The third kappa shape index (κ3) is 3.66. The molecule has 2 aromatic heterocycles. The number of aliphatic carboxylic acids is 1. The summed E-state index contributed by atoms with van der Waals surface area (Å²) >= 11 is 1.49. The van der Waals surface area contributed by atoms with Crippen LogP contribution >= 0.6 is 11.3 Å². The molecule has 0 aromatic carbocycles. The van der Waals surface area contributed by atoms with Crippen LogP contribution in [0.5, 0.6) is 0 Å². The molecule has 7 nitrogen and oxygen atoms in total. The van der Waals surface area contributed by atoms with Gasteiger partial charge in [0.25, 0.3) is 0 Å². The summed E-state index contributed by atoms with van der Waals surface area (Å²) in [6.45, 7) is 3.08. The van der Waals surface area contributed by atoms with Gasteiger partial charge in [-0.1, -0.05) is 0 Å². The van der Waals surface area contributed by atoms with Crippen molar-refractivity contribution in [3.63, 3.8) is 0 Å². The van der Waals surface area contributed by atoms with Crippen LogP contribution in [-0.4, -0.2) is 31.7 Å². The molecule has 2 N–H and O–H groups in total. The van der Waals surface area contributed by atoms with Crippen molar-refractivity contribution in [1.82, 2.24) is 14.8 Å². The number of rotatable bonds is 6. The minimum absolute atomic E-state index is 0.157. The summed E-state index contributed by atoms with van der Waals surface area (Å²) in [4.78, 5) is 27.1. The van der Waals surface area contributed by atoms with Crippen LogP contribution in [0.1, 0.15) is 26.0 Å². The fraction of sp³-hybridized carbons (Fsp3) is 0.385. The Hall–Kier alpha value is -2.22. The zero-order chi connectivity index (χ0) is 15.5. The van der Waals surface area contributed by atoms with Crippen molar-refractivity contribution in [2.75, 3.05) is 5.32 Å². The topological polar surface area (TPSA) is 97.1 Å². The molecule has 0 saturated carbocycles. The smallest absolute Gasteiger partial charge is 0.331 e. The maximum atomic E-state index is 11.8. The third-order valence-corrected chi connectivity index (χ3v) is 3.69. The number of carbonyl (C=O) groups excluding carboxylic acids is 1. The lowest BCUT2D eigenvalue weighted by atomic mass is 10.1. The fourth-order valence-corrected chi connectivity index (χ4v) is 2.21. The lowest BCUT2D eigenvalue weighted by molar-refractivity contribution is -0.146. The molecule has 0 saturated heterocycles. The van der Waals surface area contributed by atoms with E-state index in [0.29, 0.717) is 18.5 Å². The van der Waals surface area contributed by atoms with E-state index in [4.69, 9.17) is 5.11 Å². The number of nitrogens with zero attached hydrogens (tertiary/aromatic N) is 3. The van der Waals surface area contributed by atoms with Gasteiger partial charge in [-0.2, -0.15) is 5.10 Å². The highest BCUT2D eigenvalue weighted by molar-refractivity contribution is 7.07. The van der Waals surface area contributed by atoms with Gasteiger partial charge in [-0.05, 0) is 20.3 Å². The van der Waals surface area contributed by atoms with Crippen LogP contribution in [0, 0.1) is 0 Å². The number of carbonyl (C=O) groups is 2. The number of nitrogens with one attached hydrogen (secondary N) is 1. The van der Waals surface area contributed by atoms with Crippen LogP contribution in [0.3, 0.4) is 0 Å². The van der Waals surface area contributed by atoms with Crippen molar-refractivity contribution in [1.29, 1.82) is 0 Å². The largest absolute Gasteiger partial charge is 0.479 e. The Labute approximate surface area is 125 Å². The number of thiazole rings is 1. The number of hydrogen-bond donors (Lipinski definition) is 2. The third-order valence-electron chi connectivity index (χ3n) is 3.05. The average molecular weight is 308 g/mol. The van der Waals surface area contributed by atoms with Crippen LogP contribution in [-0.2, 0) is 21.5 Å². The molecular weight excluding hydrogens is 292 g/mol. The van der Waals surface area contributed by atoms with Crippen molar-refractivity contribution >= 4 is 28.9 Å². The second kappa shape index (κ2) is 6.04. The van der Waals surface area contributed by atoms with Gasteiger partial charge >= 0.3 is 5.97 Å². The van der Waals surface area contributed by atoms with Crippen molar-refractivity contribution < 1.29 is 14.7 Å². The number of hydrogen-bond acceptors (Lipinski definition) is 5. The number of carboxylic acids is 1. The molecular formula is C13H16N4O3S. The van der Waals surface area contributed by atoms with Gasteiger partial charge < -0.3 is 10.4 Å². The van der Waals surface area contributed by atoms with Crippen LogP contribution in [0.25, 0.3) is 0 Å². The molecule has 0 unspecified atom stereocenters. The molecule has 2 heterocycles. The van der Waals surface area contributed by atoms with Crippen molar-refractivity contribution in [3.8, 4) is 0 Å². The van der Waals surface area contributed by atoms with E-state index in [-0.39, 0.29) is 5.91 Å². The molecule has 21 heavy (non-hydrogen) atoms. The first-order chi connectivity index (χ1) is 9.89. The van der Waals surface area contributed by atoms with E-state index >= 15 is 0 Å². The van der Waals surface area contributed by atoms with Crippen LogP contribution < -0.4 is 5.32 Å². The van der Waals surface area contributed by atoms with Gasteiger partial charge in [-0.15, -0.1) is 11.3 Å². The summed E-state index contributed by atoms with van der Waals surface area (Å²) in [6.07, 6.45) is 3.83. The number of carboxylic acid groups (broad SMARTS) is 1. The molecule has 0 aliphatic carbocycles. The SMILES string of the molecule is CC(C)(C(=O)O)n1cc(NC(=O)CCc2cscn2)cn1. The molecule has 0 aliphatic rings. The summed E-state index contributed by atoms with van der Waals surface area (Å²) in [5.74, 6) is -1.15. The Morgan fingerprint density at radius 3 is 2.86 bits per heavy atom. The molecule has 2 aromatic rings. The summed E-state index contributed by atoms with van der Waals surface area (Å²) < 4.78 is 1.31. The molecule has 0 spiro atoms. The summed E-state index contributed by atoms with van der Waals surface area (Å²) in [7, 11) is 0. The average Bonchev–Trinajstić information content (AvgIpc) is 3.07. The fourth-order valence-electron chi connectivity index (χ4n) is 1.62. The highest BCUT2D eigenvalue weighted by Gasteiger charge is 2.30. The van der Waals surface area contributed by atoms with E-state index in [1.165, 1.54) is 42.3 Å². The predicted molar refractivity (Wildman–Crippen MR) is 78.2 cm³/mol.